The van der Waals surface area contributed by atoms with Crippen molar-refractivity contribution in [2.45, 2.75) is 45.3 Å². The van der Waals surface area contributed by atoms with Crippen LogP contribution in [-0.4, -0.2) is 19.1 Å². The molecule has 1 saturated carbocycles. The molecule has 0 aliphatic heterocycles. The molecule has 2 aromatic carbocycles. The number of carbonyl (C=O) groups excluding carboxylic acids is 1. The maximum Gasteiger partial charge on any atom is 0.262 e. The molecule has 0 radical (unpaired) electrons. The van der Waals surface area contributed by atoms with Crippen molar-refractivity contribution in [3.63, 3.8) is 0 Å². The molecule has 2 atom stereocenters. The number of rotatable bonds is 7. The summed E-state index contributed by atoms with van der Waals surface area (Å²) in [6, 6.07) is 13.5. The van der Waals surface area contributed by atoms with Gasteiger partial charge >= 0.3 is 0 Å². The Hall–Kier alpha value is -3.33. The second kappa shape index (κ2) is 10.6. The highest BCUT2D eigenvalue weighted by Gasteiger charge is 2.24. The van der Waals surface area contributed by atoms with E-state index in [-0.39, 0.29) is 29.9 Å². The fourth-order valence-electron chi connectivity index (χ4n) is 3.77. The number of halogens is 1. The average molecular weight is 423 g/mol. The van der Waals surface area contributed by atoms with E-state index in [4.69, 9.17) is 9.47 Å². The Labute approximate surface area is 182 Å². The van der Waals surface area contributed by atoms with E-state index in [0.29, 0.717) is 28.5 Å². The highest BCUT2D eigenvalue weighted by Crippen LogP contribution is 2.30. The zero-order valence-corrected chi connectivity index (χ0v) is 17.9. The predicted molar refractivity (Wildman–Crippen MR) is 117 cm³/mol. The number of benzene rings is 2. The van der Waals surface area contributed by atoms with Gasteiger partial charge in [-0.2, -0.15) is 5.26 Å². The molecule has 0 spiro atoms. The van der Waals surface area contributed by atoms with E-state index in [1.165, 1.54) is 25.7 Å². The molecule has 31 heavy (non-hydrogen) atoms. The van der Waals surface area contributed by atoms with Crippen LogP contribution in [0.4, 0.5) is 4.39 Å². The lowest BCUT2D eigenvalue weighted by Gasteiger charge is -2.29. The van der Waals surface area contributed by atoms with Crippen molar-refractivity contribution < 1.29 is 18.7 Å². The summed E-state index contributed by atoms with van der Waals surface area (Å²) in [5.41, 5.74) is 1.40. The van der Waals surface area contributed by atoms with Gasteiger partial charge in [0, 0.05) is 6.04 Å². The first-order valence-electron chi connectivity index (χ1n) is 10.5. The molecule has 0 bridgehead atoms. The van der Waals surface area contributed by atoms with Crippen LogP contribution < -0.4 is 14.8 Å². The van der Waals surface area contributed by atoms with Crippen LogP contribution in [0.15, 0.2) is 48.0 Å². The molecule has 162 valence electrons. The molecule has 3 rings (SSSR count). The van der Waals surface area contributed by atoms with Crippen molar-refractivity contribution in [3.8, 4) is 17.6 Å². The minimum Gasteiger partial charge on any atom is -0.493 e. The molecule has 1 aliphatic rings. The lowest BCUT2D eigenvalue weighted by Crippen LogP contribution is -2.41. The lowest BCUT2D eigenvalue weighted by atomic mass is 9.86. The van der Waals surface area contributed by atoms with Crippen LogP contribution in [0.3, 0.4) is 0 Å². The second-order valence-corrected chi connectivity index (χ2v) is 7.84. The Morgan fingerprint density at radius 2 is 2.03 bits per heavy atom. The zero-order valence-electron chi connectivity index (χ0n) is 17.9. The first-order valence-corrected chi connectivity index (χ1v) is 10.5. The summed E-state index contributed by atoms with van der Waals surface area (Å²) in [7, 11) is 1.51. The van der Waals surface area contributed by atoms with Gasteiger partial charge in [0.15, 0.2) is 11.5 Å². The number of nitriles is 1. The number of nitrogens with zero attached hydrogens (tertiary/aromatic N) is 1. The van der Waals surface area contributed by atoms with Gasteiger partial charge in [-0.25, -0.2) is 4.39 Å². The number of nitrogens with one attached hydrogen (secondary N) is 1. The van der Waals surface area contributed by atoms with Crippen LogP contribution in [0, 0.1) is 23.1 Å². The van der Waals surface area contributed by atoms with Gasteiger partial charge in [-0.3, -0.25) is 4.79 Å². The Kier molecular flexibility index (Phi) is 7.66. The second-order valence-electron chi connectivity index (χ2n) is 7.84. The van der Waals surface area contributed by atoms with E-state index in [2.05, 4.69) is 12.2 Å². The number of amides is 1. The summed E-state index contributed by atoms with van der Waals surface area (Å²) >= 11 is 0. The maximum atomic E-state index is 13.3. The molecule has 5 nitrogen and oxygen atoms in total. The van der Waals surface area contributed by atoms with Crippen molar-refractivity contribution in [2.75, 3.05) is 7.11 Å². The van der Waals surface area contributed by atoms with E-state index >= 15 is 0 Å². The largest absolute Gasteiger partial charge is 0.493 e. The SMILES string of the molecule is COc1cc(/C=C(\C#N)C(=O)N[C@H]2CCCC[C@@H]2C)ccc1OCc1cccc(F)c1. The molecule has 1 aliphatic carbocycles. The van der Waals surface area contributed by atoms with Crippen molar-refractivity contribution in [2.24, 2.45) is 5.92 Å². The topological polar surface area (TPSA) is 71.3 Å². The van der Waals surface area contributed by atoms with E-state index in [9.17, 15) is 14.4 Å². The van der Waals surface area contributed by atoms with E-state index in [0.717, 1.165) is 19.3 Å². The van der Waals surface area contributed by atoms with Gasteiger partial charge in [-0.1, -0.05) is 38.0 Å². The Bertz CT molecular complexity index is 997. The minimum atomic E-state index is -0.355. The smallest absolute Gasteiger partial charge is 0.262 e. The lowest BCUT2D eigenvalue weighted by molar-refractivity contribution is -0.118. The fraction of sp³-hybridized carbons (Fsp3) is 0.360. The van der Waals surface area contributed by atoms with Crippen LogP contribution in [0.5, 0.6) is 11.5 Å². The van der Waals surface area contributed by atoms with Crippen LogP contribution >= 0.6 is 0 Å². The maximum absolute atomic E-state index is 13.3. The van der Waals surface area contributed by atoms with Gasteiger partial charge in [-0.05, 0) is 60.2 Å². The molecule has 0 heterocycles. The van der Waals surface area contributed by atoms with Crippen LogP contribution in [0.2, 0.25) is 0 Å². The summed E-state index contributed by atoms with van der Waals surface area (Å²) in [5.74, 6) is 0.684. The molecule has 0 unspecified atom stereocenters. The molecular formula is C25H27FN2O3. The van der Waals surface area contributed by atoms with Crippen LogP contribution in [0.1, 0.15) is 43.7 Å². The number of hydrogen-bond donors (Lipinski definition) is 1. The van der Waals surface area contributed by atoms with E-state index in [1.807, 2.05) is 6.07 Å². The molecular weight excluding hydrogens is 395 g/mol. The summed E-state index contributed by atoms with van der Waals surface area (Å²) in [6.07, 6.45) is 5.85. The van der Waals surface area contributed by atoms with Gasteiger partial charge in [0.25, 0.3) is 5.91 Å². The third kappa shape index (κ3) is 6.08. The molecule has 1 N–H and O–H groups in total. The Balaban J connectivity index is 1.71. The number of ether oxygens (including phenoxy) is 2. The molecule has 2 aromatic rings. The van der Waals surface area contributed by atoms with E-state index < -0.39 is 0 Å². The van der Waals surface area contributed by atoms with Crippen molar-refractivity contribution in [1.29, 1.82) is 5.26 Å². The quantitative estimate of drug-likeness (QED) is 0.503. The van der Waals surface area contributed by atoms with Crippen LogP contribution in [-0.2, 0) is 11.4 Å². The van der Waals surface area contributed by atoms with Gasteiger partial charge in [0.05, 0.1) is 7.11 Å². The predicted octanol–water partition coefficient (Wildman–Crippen LogP) is 5.02. The first-order chi connectivity index (χ1) is 15.0. The monoisotopic (exact) mass is 422 g/mol. The Morgan fingerprint density at radius 1 is 1.23 bits per heavy atom. The fourth-order valence-corrected chi connectivity index (χ4v) is 3.77. The Morgan fingerprint density at radius 3 is 2.74 bits per heavy atom. The van der Waals surface area contributed by atoms with Gasteiger partial charge in [0.1, 0.15) is 24.1 Å². The van der Waals surface area contributed by atoms with Gasteiger partial charge in [-0.15, -0.1) is 0 Å². The highest BCUT2D eigenvalue weighted by molar-refractivity contribution is 6.01. The summed E-state index contributed by atoms with van der Waals surface area (Å²) in [6.45, 7) is 2.32. The number of hydrogen-bond acceptors (Lipinski definition) is 4. The third-order valence-electron chi connectivity index (χ3n) is 5.58. The van der Waals surface area contributed by atoms with Gasteiger partial charge in [0.2, 0.25) is 0 Å². The van der Waals surface area contributed by atoms with Gasteiger partial charge < -0.3 is 14.8 Å². The summed E-state index contributed by atoms with van der Waals surface area (Å²) in [4.78, 5) is 12.6. The average Bonchev–Trinajstić information content (AvgIpc) is 2.77. The van der Waals surface area contributed by atoms with Crippen LogP contribution in [0.25, 0.3) is 6.08 Å². The number of carbonyl (C=O) groups is 1. The first kappa shape index (κ1) is 22.4. The molecule has 0 saturated heterocycles. The standard InChI is InChI=1S/C25H27FN2O3/c1-17-6-3-4-9-22(17)28-25(29)20(15-27)12-18-10-11-23(24(14-18)30-2)31-16-19-7-5-8-21(26)13-19/h5,7-8,10-14,17,22H,3-4,6,9,16H2,1-2H3,(H,28,29)/b20-12+/t17-,22-/m0/s1. The van der Waals surface area contributed by atoms with Crippen molar-refractivity contribution in [1.82, 2.24) is 5.32 Å². The van der Waals surface area contributed by atoms with E-state index in [1.54, 1.807) is 36.4 Å². The summed E-state index contributed by atoms with van der Waals surface area (Å²) in [5, 5.41) is 12.5. The van der Waals surface area contributed by atoms with Crippen molar-refractivity contribution in [3.05, 3.63) is 65.0 Å². The summed E-state index contributed by atoms with van der Waals surface area (Å²) < 4.78 is 24.5. The normalized spacial score (nSPS) is 18.7. The number of methoxy groups -OCH3 is 1. The molecule has 0 aromatic heterocycles. The minimum absolute atomic E-state index is 0.0493. The van der Waals surface area contributed by atoms with Crippen molar-refractivity contribution >= 4 is 12.0 Å². The molecule has 1 amide bonds. The highest BCUT2D eigenvalue weighted by atomic mass is 19.1. The zero-order chi connectivity index (χ0) is 22.2. The molecule has 6 heteroatoms. The molecule has 1 fully saturated rings. The third-order valence-corrected chi connectivity index (χ3v) is 5.58.